The number of halogens is 1. The summed E-state index contributed by atoms with van der Waals surface area (Å²) in [5.41, 5.74) is 3.74. The molecule has 1 atom stereocenters. The molecule has 0 aromatic rings. The predicted octanol–water partition coefficient (Wildman–Crippen LogP) is -4.25. The molecule has 4 nitrogen and oxygen atoms in total. The first-order chi connectivity index (χ1) is 6.10. The summed E-state index contributed by atoms with van der Waals surface area (Å²) in [7, 11) is 0. The third-order valence-electron chi connectivity index (χ3n) is 2.83. The fourth-order valence-electron chi connectivity index (χ4n) is 1.56. The minimum Gasteiger partial charge on any atom is -1.00 e. The molecule has 0 rings (SSSR count). The van der Waals surface area contributed by atoms with Gasteiger partial charge in [0.15, 0.2) is 0 Å². The second-order valence-electron chi connectivity index (χ2n) is 3.72. The SMILES string of the molecule is CC(CCO)C([NH3+])(CCO)CCO.[Cl-]. The van der Waals surface area contributed by atoms with Crippen LogP contribution in [0.15, 0.2) is 0 Å². The van der Waals surface area contributed by atoms with Crippen LogP contribution >= 0.6 is 0 Å². The molecule has 0 bridgehead atoms. The highest BCUT2D eigenvalue weighted by molar-refractivity contribution is 4.81. The first kappa shape index (κ1) is 16.6. The van der Waals surface area contributed by atoms with Crippen LogP contribution in [0.4, 0.5) is 0 Å². The van der Waals surface area contributed by atoms with Crippen LogP contribution in [-0.2, 0) is 0 Å². The molecule has 88 valence electrons. The molecule has 0 fully saturated rings. The van der Waals surface area contributed by atoms with E-state index in [0.717, 1.165) is 0 Å². The smallest absolute Gasteiger partial charge is 0.102 e. The van der Waals surface area contributed by atoms with Crippen molar-refractivity contribution in [2.45, 2.75) is 31.7 Å². The molecule has 0 radical (unpaired) electrons. The Balaban J connectivity index is 0. The molecule has 0 heterocycles. The van der Waals surface area contributed by atoms with Gasteiger partial charge in [-0.2, -0.15) is 0 Å². The minimum absolute atomic E-state index is 0. The number of hydrogen-bond donors (Lipinski definition) is 4. The first-order valence-corrected chi connectivity index (χ1v) is 4.78. The summed E-state index contributed by atoms with van der Waals surface area (Å²) in [4.78, 5) is 0. The third kappa shape index (κ3) is 5.12. The maximum Gasteiger partial charge on any atom is 0.102 e. The Morgan fingerprint density at radius 3 is 1.79 bits per heavy atom. The van der Waals surface area contributed by atoms with Crippen LogP contribution in [0.1, 0.15) is 26.2 Å². The van der Waals surface area contributed by atoms with E-state index in [1.165, 1.54) is 0 Å². The highest BCUT2D eigenvalue weighted by Crippen LogP contribution is 2.22. The summed E-state index contributed by atoms with van der Waals surface area (Å²) in [6, 6.07) is 0. The summed E-state index contributed by atoms with van der Waals surface area (Å²) in [6.07, 6.45) is 1.83. The second-order valence-corrected chi connectivity index (χ2v) is 3.72. The third-order valence-corrected chi connectivity index (χ3v) is 2.83. The van der Waals surface area contributed by atoms with E-state index >= 15 is 0 Å². The van der Waals surface area contributed by atoms with Gasteiger partial charge in [0.1, 0.15) is 5.54 Å². The highest BCUT2D eigenvalue weighted by atomic mass is 35.5. The minimum atomic E-state index is -0.299. The zero-order valence-corrected chi connectivity index (χ0v) is 9.50. The van der Waals surface area contributed by atoms with Gasteiger partial charge in [0.2, 0.25) is 0 Å². The number of aliphatic hydroxyl groups excluding tert-OH is 3. The van der Waals surface area contributed by atoms with Crippen LogP contribution in [0.2, 0.25) is 0 Å². The lowest BCUT2D eigenvalue weighted by Crippen LogP contribution is -3.00. The maximum atomic E-state index is 8.86. The van der Waals surface area contributed by atoms with Crippen molar-refractivity contribution in [1.29, 1.82) is 0 Å². The quantitative estimate of drug-likeness (QED) is 0.355. The van der Waals surface area contributed by atoms with E-state index in [9.17, 15) is 0 Å². The average Bonchev–Trinajstić information content (AvgIpc) is 2.05. The molecule has 0 aliphatic rings. The second kappa shape index (κ2) is 8.44. The Bertz CT molecular complexity index is 129. The molecule has 14 heavy (non-hydrogen) atoms. The molecule has 5 heteroatoms. The molecule has 0 aromatic carbocycles. The zero-order valence-electron chi connectivity index (χ0n) is 8.75. The van der Waals surface area contributed by atoms with Crippen molar-refractivity contribution >= 4 is 0 Å². The zero-order chi connectivity index (χ0) is 10.3. The monoisotopic (exact) mass is 227 g/mol. The molecular formula is C9H22ClNO3. The van der Waals surface area contributed by atoms with Crippen molar-refractivity contribution in [3.05, 3.63) is 0 Å². The molecule has 0 aromatic heterocycles. The lowest BCUT2D eigenvalue weighted by Gasteiger charge is -2.30. The van der Waals surface area contributed by atoms with Gasteiger partial charge in [0, 0.05) is 38.6 Å². The Morgan fingerprint density at radius 1 is 1.07 bits per heavy atom. The lowest BCUT2D eigenvalue weighted by atomic mass is 9.79. The predicted molar refractivity (Wildman–Crippen MR) is 49.9 cm³/mol. The number of rotatable bonds is 7. The fourth-order valence-corrected chi connectivity index (χ4v) is 1.56. The van der Waals surface area contributed by atoms with Crippen molar-refractivity contribution < 1.29 is 33.5 Å². The standard InChI is InChI=1S/C9H21NO3.ClH/c1-8(2-5-11)9(10,3-6-12)4-7-13;/h8,11-13H,2-7,10H2,1H3;1H. The Morgan fingerprint density at radius 2 is 1.50 bits per heavy atom. The van der Waals surface area contributed by atoms with Crippen molar-refractivity contribution in [2.75, 3.05) is 19.8 Å². The van der Waals surface area contributed by atoms with Gasteiger partial charge in [0.25, 0.3) is 0 Å². The molecule has 6 N–H and O–H groups in total. The Labute approximate surface area is 91.5 Å². The lowest BCUT2D eigenvalue weighted by molar-refractivity contribution is -0.497. The topological polar surface area (TPSA) is 88.3 Å². The largest absolute Gasteiger partial charge is 1.00 e. The summed E-state index contributed by atoms with van der Waals surface area (Å²) in [6.45, 7) is 2.29. The van der Waals surface area contributed by atoms with Crippen LogP contribution in [-0.4, -0.2) is 40.7 Å². The molecular weight excluding hydrogens is 206 g/mol. The van der Waals surface area contributed by atoms with Gasteiger partial charge in [-0.1, -0.05) is 6.92 Å². The number of hydrogen-bond acceptors (Lipinski definition) is 3. The van der Waals surface area contributed by atoms with E-state index in [0.29, 0.717) is 19.3 Å². The van der Waals surface area contributed by atoms with Crippen molar-refractivity contribution in [3.63, 3.8) is 0 Å². The number of quaternary nitrogens is 1. The van der Waals surface area contributed by atoms with Gasteiger partial charge in [-0.25, -0.2) is 0 Å². The normalized spacial score (nSPS) is 13.5. The van der Waals surface area contributed by atoms with Crippen LogP contribution in [0, 0.1) is 5.92 Å². The van der Waals surface area contributed by atoms with Crippen molar-refractivity contribution in [2.24, 2.45) is 5.92 Å². The van der Waals surface area contributed by atoms with Crippen LogP contribution in [0.25, 0.3) is 0 Å². The van der Waals surface area contributed by atoms with Crippen LogP contribution in [0.3, 0.4) is 0 Å². The molecule has 0 saturated heterocycles. The van der Waals surface area contributed by atoms with Crippen molar-refractivity contribution in [3.8, 4) is 0 Å². The fraction of sp³-hybridized carbons (Fsp3) is 1.00. The van der Waals surface area contributed by atoms with E-state index in [1.54, 1.807) is 0 Å². The van der Waals surface area contributed by atoms with E-state index in [2.05, 4.69) is 5.73 Å². The molecule has 0 saturated carbocycles. The van der Waals surface area contributed by atoms with Crippen LogP contribution in [0.5, 0.6) is 0 Å². The van der Waals surface area contributed by atoms with Gasteiger partial charge in [-0.3, -0.25) is 0 Å². The van der Waals surface area contributed by atoms with Gasteiger partial charge >= 0.3 is 0 Å². The number of aliphatic hydroxyl groups is 3. The van der Waals surface area contributed by atoms with Gasteiger partial charge in [0.05, 0.1) is 0 Å². The van der Waals surface area contributed by atoms with Gasteiger partial charge < -0.3 is 33.5 Å². The molecule has 0 aliphatic heterocycles. The Kier molecular flexibility index (Phi) is 9.98. The maximum absolute atomic E-state index is 8.86. The van der Waals surface area contributed by atoms with Crippen molar-refractivity contribution in [1.82, 2.24) is 0 Å². The van der Waals surface area contributed by atoms with E-state index < -0.39 is 0 Å². The summed E-state index contributed by atoms with van der Waals surface area (Å²) in [5.74, 6) is 0.219. The molecule has 0 aliphatic carbocycles. The van der Waals surface area contributed by atoms with Gasteiger partial charge in [-0.05, 0) is 6.42 Å². The van der Waals surface area contributed by atoms with Gasteiger partial charge in [-0.15, -0.1) is 0 Å². The van der Waals surface area contributed by atoms with Crippen LogP contribution < -0.4 is 18.1 Å². The molecule has 0 spiro atoms. The summed E-state index contributed by atoms with van der Waals surface area (Å²) in [5, 5.41) is 26.5. The molecule has 1 unspecified atom stereocenters. The first-order valence-electron chi connectivity index (χ1n) is 4.78. The molecule has 0 amide bonds. The highest BCUT2D eigenvalue weighted by Gasteiger charge is 2.34. The summed E-state index contributed by atoms with van der Waals surface area (Å²) < 4.78 is 0. The average molecular weight is 228 g/mol. The Hall–Kier alpha value is 0.130. The van der Waals surface area contributed by atoms with E-state index in [-0.39, 0.29) is 43.7 Å². The van der Waals surface area contributed by atoms with E-state index in [4.69, 9.17) is 15.3 Å². The van der Waals surface area contributed by atoms with E-state index in [1.807, 2.05) is 6.92 Å². The summed E-state index contributed by atoms with van der Waals surface area (Å²) >= 11 is 0.